The fraction of sp³-hybridized carbons (Fsp3) is 0.133. The highest BCUT2D eigenvalue weighted by atomic mass is 16.1. The summed E-state index contributed by atoms with van der Waals surface area (Å²) in [5, 5.41) is 6.05. The van der Waals surface area contributed by atoms with E-state index < -0.39 is 0 Å². The molecule has 0 aliphatic heterocycles. The Bertz CT molecular complexity index is 616. The number of hydrogen-bond acceptors (Lipinski definition) is 2. The summed E-state index contributed by atoms with van der Waals surface area (Å²) in [6.07, 6.45) is 0. The molecule has 0 radical (unpaired) electrons. The van der Waals surface area contributed by atoms with Crippen LogP contribution in [0, 0.1) is 0 Å². The predicted molar refractivity (Wildman–Crippen MR) is 78.2 cm³/mol. The molecule has 0 aromatic heterocycles. The average molecular weight is 266 g/mol. The molecule has 0 fully saturated rings. The zero-order valence-electron chi connectivity index (χ0n) is 10.9. The van der Waals surface area contributed by atoms with E-state index in [1.165, 1.54) is 0 Å². The maximum atomic E-state index is 11.8. The summed E-state index contributed by atoms with van der Waals surface area (Å²) < 4.78 is 0. The SMILES string of the molecule is [N-]=[N+]=NCCNC(=O)c1ccc(-c2ccccc2)cc1. The normalized spacial score (nSPS) is 9.60. The van der Waals surface area contributed by atoms with Crippen molar-refractivity contribution in [2.75, 3.05) is 13.1 Å². The molecule has 2 aromatic carbocycles. The van der Waals surface area contributed by atoms with Crippen molar-refractivity contribution in [1.82, 2.24) is 5.32 Å². The summed E-state index contributed by atoms with van der Waals surface area (Å²) in [5.74, 6) is -0.169. The molecule has 0 saturated carbocycles. The Kier molecular flexibility index (Phi) is 4.76. The Balaban J connectivity index is 2.01. The number of rotatable bonds is 5. The van der Waals surface area contributed by atoms with Gasteiger partial charge in [-0.05, 0) is 28.8 Å². The minimum atomic E-state index is -0.169. The van der Waals surface area contributed by atoms with Gasteiger partial charge in [-0.1, -0.05) is 47.6 Å². The standard InChI is InChI=1S/C15H14N4O/c16-19-18-11-10-17-15(20)14-8-6-13(7-9-14)12-4-2-1-3-5-12/h1-9H,10-11H2,(H,17,20). The Morgan fingerprint density at radius 1 is 1.05 bits per heavy atom. The van der Waals surface area contributed by atoms with Crippen LogP contribution < -0.4 is 5.32 Å². The summed E-state index contributed by atoms with van der Waals surface area (Å²) in [4.78, 5) is 14.4. The van der Waals surface area contributed by atoms with Crippen molar-refractivity contribution in [3.05, 3.63) is 70.6 Å². The molecular formula is C15H14N4O. The molecule has 0 aliphatic carbocycles. The van der Waals surface area contributed by atoms with E-state index in [0.29, 0.717) is 12.1 Å². The van der Waals surface area contributed by atoms with Gasteiger partial charge in [-0.3, -0.25) is 4.79 Å². The molecule has 0 heterocycles. The van der Waals surface area contributed by atoms with Crippen LogP contribution in [0.5, 0.6) is 0 Å². The molecular weight excluding hydrogens is 252 g/mol. The van der Waals surface area contributed by atoms with E-state index in [9.17, 15) is 4.79 Å². The van der Waals surface area contributed by atoms with Crippen molar-refractivity contribution < 1.29 is 4.79 Å². The highest BCUT2D eigenvalue weighted by Gasteiger charge is 2.04. The second kappa shape index (κ2) is 6.97. The van der Waals surface area contributed by atoms with Crippen molar-refractivity contribution in [1.29, 1.82) is 0 Å². The number of nitrogens with one attached hydrogen (secondary N) is 1. The zero-order valence-corrected chi connectivity index (χ0v) is 10.9. The molecule has 0 atom stereocenters. The number of carbonyl (C=O) groups is 1. The Labute approximate surface area is 116 Å². The molecule has 0 aliphatic rings. The van der Waals surface area contributed by atoms with Gasteiger partial charge in [-0.15, -0.1) is 0 Å². The van der Waals surface area contributed by atoms with Gasteiger partial charge < -0.3 is 5.32 Å². The number of azide groups is 1. The van der Waals surface area contributed by atoms with Gasteiger partial charge in [0.15, 0.2) is 0 Å². The van der Waals surface area contributed by atoms with Gasteiger partial charge in [0.25, 0.3) is 5.91 Å². The van der Waals surface area contributed by atoms with E-state index in [2.05, 4.69) is 15.3 Å². The molecule has 1 N–H and O–H groups in total. The minimum Gasteiger partial charge on any atom is -0.352 e. The molecule has 0 spiro atoms. The van der Waals surface area contributed by atoms with Gasteiger partial charge in [-0.25, -0.2) is 0 Å². The summed E-state index contributed by atoms with van der Waals surface area (Å²) in [6, 6.07) is 17.4. The molecule has 100 valence electrons. The molecule has 20 heavy (non-hydrogen) atoms. The third-order valence-electron chi connectivity index (χ3n) is 2.81. The van der Waals surface area contributed by atoms with E-state index in [4.69, 9.17) is 5.53 Å². The van der Waals surface area contributed by atoms with Crippen LogP contribution in [-0.2, 0) is 0 Å². The third kappa shape index (κ3) is 3.60. The lowest BCUT2D eigenvalue weighted by molar-refractivity contribution is 0.0955. The fourth-order valence-corrected chi connectivity index (χ4v) is 1.81. The predicted octanol–water partition coefficient (Wildman–Crippen LogP) is 3.39. The molecule has 5 heteroatoms. The van der Waals surface area contributed by atoms with Gasteiger partial charge in [0, 0.05) is 23.6 Å². The molecule has 5 nitrogen and oxygen atoms in total. The van der Waals surface area contributed by atoms with Crippen molar-refractivity contribution in [2.24, 2.45) is 5.11 Å². The Morgan fingerprint density at radius 3 is 2.35 bits per heavy atom. The number of nitrogens with zero attached hydrogens (tertiary/aromatic N) is 3. The van der Waals surface area contributed by atoms with E-state index in [-0.39, 0.29) is 12.5 Å². The van der Waals surface area contributed by atoms with Gasteiger partial charge in [0.2, 0.25) is 0 Å². The molecule has 0 bridgehead atoms. The molecule has 0 unspecified atom stereocenters. The van der Waals surface area contributed by atoms with E-state index >= 15 is 0 Å². The van der Waals surface area contributed by atoms with Gasteiger partial charge in [-0.2, -0.15) is 0 Å². The molecule has 2 rings (SSSR count). The van der Waals surface area contributed by atoms with Crippen LogP contribution in [0.2, 0.25) is 0 Å². The van der Waals surface area contributed by atoms with Crippen LogP contribution >= 0.6 is 0 Å². The summed E-state index contributed by atoms with van der Waals surface area (Å²) >= 11 is 0. The lowest BCUT2D eigenvalue weighted by Gasteiger charge is -2.05. The lowest BCUT2D eigenvalue weighted by Crippen LogP contribution is -2.25. The van der Waals surface area contributed by atoms with E-state index in [1.807, 2.05) is 42.5 Å². The van der Waals surface area contributed by atoms with Gasteiger partial charge in [0.1, 0.15) is 0 Å². The first kappa shape index (κ1) is 13.6. The van der Waals surface area contributed by atoms with Crippen LogP contribution in [0.1, 0.15) is 10.4 Å². The average Bonchev–Trinajstić information content (AvgIpc) is 2.52. The maximum absolute atomic E-state index is 11.8. The minimum absolute atomic E-state index is 0.169. The van der Waals surface area contributed by atoms with Crippen LogP contribution in [0.3, 0.4) is 0 Å². The van der Waals surface area contributed by atoms with Crippen LogP contribution in [0.25, 0.3) is 21.6 Å². The van der Waals surface area contributed by atoms with Crippen molar-refractivity contribution in [3.8, 4) is 11.1 Å². The fourth-order valence-electron chi connectivity index (χ4n) is 1.81. The van der Waals surface area contributed by atoms with E-state index in [0.717, 1.165) is 11.1 Å². The topological polar surface area (TPSA) is 77.9 Å². The Morgan fingerprint density at radius 2 is 1.70 bits per heavy atom. The largest absolute Gasteiger partial charge is 0.352 e. The highest BCUT2D eigenvalue weighted by molar-refractivity contribution is 5.94. The molecule has 2 aromatic rings. The zero-order chi connectivity index (χ0) is 14.2. The first-order valence-corrected chi connectivity index (χ1v) is 6.26. The molecule has 1 amide bonds. The van der Waals surface area contributed by atoms with Crippen molar-refractivity contribution in [2.45, 2.75) is 0 Å². The summed E-state index contributed by atoms with van der Waals surface area (Å²) in [5.41, 5.74) is 10.9. The van der Waals surface area contributed by atoms with Crippen LogP contribution in [0.15, 0.2) is 59.7 Å². The van der Waals surface area contributed by atoms with Crippen molar-refractivity contribution in [3.63, 3.8) is 0 Å². The van der Waals surface area contributed by atoms with Crippen molar-refractivity contribution >= 4 is 5.91 Å². The quantitative estimate of drug-likeness (QED) is 0.383. The third-order valence-corrected chi connectivity index (χ3v) is 2.81. The van der Waals surface area contributed by atoms with Gasteiger partial charge >= 0.3 is 0 Å². The molecule has 0 saturated heterocycles. The number of carbonyl (C=O) groups excluding carboxylic acids is 1. The van der Waals surface area contributed by atoms with Crippen LogP contribution in [0.4, 0.5) is 0 Å². The lowest BCUT2D eigenvalue weighted by atomic mass is 10.0. The highest BCUT2D eigenvalue weighted by Crippen LogP contribution is 2.19. The number of hydrogen-bond donors (Lipinski definition) is 1. The number of benzene rings is 2. The second-order valence-electron chi connectivity index (χ2n) is 4.15. The first-order chi connectivity index (χ1) is 9.81. The monoisotopic (exact) mass is 266 g/mol. The van der Waals surface area contributed by atoms with Crippen LogP contribution in [-0.4, -0.2) is 19.0 Å². The first-order valence-electron chi connectivity index (χ1n) is 6.26. The maximum Gasteiger partial charge on any atom is 0.251 e. The smallest absolute Gasteiger partial charge is 0.251 e. The van der Waals surface area contributed by atoms with Gasteiger partial charge in [0.05, 0.1) is 0 Å². The second-order valence-corrected chi connectivity index (χ2v) is 4.15. The summed E-state index contributed by atoms with van der Waals surface area (Å²) in [6.45, 7) is 0.591. The number of amides is 1. The summed E-state index contributed by atoms with van der Waals surface area (Å²) in [7, 11) is 0. The Hall–Kier alpha value is -2.78. The van der Waals surface area contributed by atoms with E-state index in [1.54, 1.807) is 12.1 Å².